The van der Waals surface area contributed by atoms with Crippen molar-refractivity contribution in [1.29, 1.82) is 0 Å². The number of halogens is 1. The molecule has 19 heavy (non-hydrogen) atoms. The molecular weight excluding hydrogens is 267 g/mol. The standard InChI is InChI=1S/C13H21FN2O2S/c1-5-16-19(17,18)12-6-10(4)13(14)11(7-12)8-15-9(2)3/h6-7,9,15-16H,5,8H2,1-4H3. The number of nitrogens with one attached hydrogen (secondary N) is 2. The van der Waals surface area contributed by atoms with Crippen molar-refractivity contribution in [3.8, 4) is 0 Å². The van der Waals surface area contributed by atoms with Crippen molar-refractivity contribution < 1.29 is 12.8 Å². The first-order valence-corrected chi connectivity index (χ1v) is 7.78. The first-order chi connectivity index (χ1) is 8.77. The van der Waals surface area contributed by atoms with Crippen LogP contribution < -0.4 is 10.0 Å². The van der Waals surface area contributed by atoms with E-state index in [1.54, 1.807) is 13.8 Å². The fraction of sp³-hybridized carbons (Fsp3) is 0.538. The molecule has 4 nitrogen and oxygen atoms in total. The van der Waals surface area contributed by atoms with E-state index in [0.717, 1.165) is 0 Å². The Morgan fingerprint density at radius 1 is 1.32 bits per heavy atom. The number of rotatable bonds is 6. The van der Waals surface area contributed by atoms with Gasteiger partial charge >= 0.3 is 0 Å². The SMILES string of the molecule is CCNS(=O)(=O)c1cc(C)c(F)c(CNC(C)C)c1. The molecule has 108 valence electrons. The van der Waals surface area contributed by atoms with Crippen LogP contribution in [0.2, 0.25) is 0 Å². The molecule has 0 aliphatic rings. The molecule has 6 heteroatoms. The van der Waals surface area contributed by atoms with Crippen LogP contribution in [-0.2, 0) is 16.6 Å². The predicted octanol–water partition coefficient (Wildman–Crippen LogP) is 1.93. The van der Waals surface area contributed by atoms with Crippen LogP contribution in [0, 0.1) is 12.7 Å². The molecule has 0 saturated heterocycles. The molecular formula is C13H21FN2O2S. The lowest BCUT2D eigenvalue weighted by Gasteiger charge is -2.13. The molecule has 0 aliphatic heterocycles. The number of benzene rings is 1. The van der Waals surface area contributed by atoms with E-state index in [1.807, 2.05) is 13.8 Å². The summed E-state index contributed by atoms with van der Waals surface area (Å²) in [5.41, 5.74) is 0.699. The molecule has 0 saturated carbocycles. The Balaban J connectivity index is 3.16. The van der Waals surface area contributed by atoms with Gasteiger partial charge in [-0.05, 0) is 24.6 Å². The van der Waals surface area contributed by atoms with Crippen LogP contribution in [0.4, 0.5) is 4.39 Å². The second kappa shape index (κ2) is 6.45. The molecule has 1 aromatic rings. The van der Waals surface area contributed by atoms with Gasteiger partial charge in [-0.1, -0.05) is 20.8 Å². The molecule has 0 aliphatic carbocycles. The van der Waals surface area contributed by atoms with Gasteiger partial charge in [0.1, 0.15) is 5.82 Å². The largest absolute Gasteiger partial charge is 0.310 e. The van der Waals surface area contributed by atoms with Crippen LogP contribution in [0.3, 0.4) is 0 Å². The zero-order valence-electron chi connectivity index (χ0n) is 11.7. The smallest absolute Gasteiger partial charge is 0.240 e. The summed E-state index contributed by atoms with van der Waals surface area (Å²) >= 11 is 0. The number of hydrogen-bond donors (Lipinski definition) is 2. The van der Waals surface area contributed by atoms with E-state index in [0.29, 0.717) is 24.2 Å². The third kappa shape index (κ3) is 4.26. The fourth-order valence-electron chi connectivity index (χ4n) is 1.68. The lowest BCUT2D eigenvalue weighted by Crippen LogP contribution is -2.25. The zero-order valence-corrected chi connectivity index (χ0v) is 12.6. The molecule has 0 bridgehead atoms. The topological polar surface area (TPSA) is 58.2 Å². The number of sulfonamides is 1. The van der Waals surface area contributed by atoms with Gasteiger partial charge in [0.05, 0.1) is 4.90 Å². The van der Waals surface area contributed by atoms with Gasteiger partial charge in [-0.3, -0.25) is 0 Å². The molecule has 0 heterocycles. The summed E-state index contributed by atoms with van der Waals surface area (Å²) in [7, 11) is -3.56. The molecule has 0 aromatic heterocycles. The quantitative estimate of drug-likeness (QED) is 0.841. The Hall–Kier alpha value is -0.980. The van der Waals surface area contributed by atoms with Gasteiger partial charge in [0, 0.05) is 24.7 Å². The molecule has 0 spiro atoms. The van der Waals surface area contributed by atoms with Crippen LogP contribution in [-0.4, -0.2) is 21.0 Å². The van der Waals surface area contributed by atoms with Gasteiger partial charge < -0.3 is 5.32 Å². The molecule has 0 radical (unpaired) electrons. The van der Waals surface area contributed by atoms with Crippen molar-refractivity contribution in [3.63, 3.8) is 0 Å². The Kier molecular flexibility index (Phi) is 5.46. The van der Waals surface area contributed by atoms with E-state index in [1.165, 1.54) is 12.1 Å². The summed E-state index contributed by atoms with van der Waals surface area (Å²) < 4.78 is 40.2. The third-order valence-electron chi connectivity index (χ3n) is 2.65. The summed E-state index contributed by atoms with van der Waals surface area (Å²) in [4.78, 5) is 0.105. The van der Waals surface area contributed by atoms with Crippen LogP contribution in [0.5, 0.6) is 0 Å². The minimum Gasteiger partial charge on any atom is -0.310 e. The first-order valence-electron chi connectivity index (χ1n) is 6.30. The van der Waals surface area contributed by atoms with Crippen molar-refractivity contribution in [1.82, 2.24) is 10.0 Å². The summed E-state index contributed by atoms with van der Waals surface area (Å²) in [5, 5.41) is 3.09. The van der Waals surface area contributed by atoms with Crippen molar-refractivity contribution in [2.24, 2.45) is 0 Å². The lowest BCUT2D eigenvalue weighted by atomic mass is 10.1. The highest BCUT2D eigenvalue weighted by atomic mass is 32.2. The average Bonchev–Trinajstić information content (AvgIpc) is 2.30. The van der Waals surface area contributed by atoms with Crippen LogP contribution in [0.25, 0.3) is 0 Å². The molecule has 0 fully saturated rings. The third-order valence-corrected chi connectivity index (χ3v) is 4.17. The summed E-state index contributed by atoms with van der Waals surface area (Å²) in [6.07, 6.45) is 0. The van der Waals surface area contributed by atoms with Crippen molar-refractivity contribution in [2.45, 2.75) is 45.2 Å². The van der Waals surface area contributed by atoms with Gasteiger partial charge in [-0.2, -0.15) is 0 Å². The van der Waals surface area contributed by atoms with Crippen molar-refractivity contribution >= 4 is 10.0 Å². The lowest BCUT2D eigenvalue weighted by molar-refractivity contribution is 0.546. The van der Waals surface area contributed by atoms with Crippen molar-refractivity contribution in [2.75, 3.05) is 6.54 Å². The highest BCUT2D eigenvalue weighted by molar-refractivity contribution is 7.89. The summed E-state index contributed by atoms with van der Waals surface area (Å²) in [6.45, 7) is 7.78. The maximum atomic E-state index is 14.0. The fourth-order valence-corrected chi connectivity index (χ4v) is 2.85. The Labute approximate surface area is 114 Å². The molecule has 2 N–H and O–H groups in total. The summed E-state index contributed by atoms with van der Waals surface area (Å²) in [6, 6.07) is 2.94. The molecule has 0 unspecified atom stereocenters. The Morgan fingerprint density at radius 2 is 1.95 bits per heavy atom. The maximum Gasteiger partial charge on any atom is 0.240 e. The van der Waals surface area contributed by atoms with Crippen LogP contribution in [0.1, 0.15) is 31.9 Å². The Morgan fingerprint density at radius 3 is 2.47 bits per heavy atom. The first kappa shape index (κ1) is 16.1. The molecule has 1 aromatic carbocycles. The van der Waals surface area contributed by atoms with Crippen molar-refractivity contribution in [3.05, 3.63) is 29.1 Å². The van der Waals surface area contributed by atoms with Gasteiger partial charge in [0.15, 0.2) is 0 Å². The predicted molar refractivity (Wildman–Crippen MR) is 74.0 cm³/mol. The zero-order chi connectivity index (χ0) is 14.6. The van der Waals surface area contributed by atoms with Gasteiger partial charge in [0.25, 0.3) is 0 Å². The van der Waals surface area contributed by atoms with Crippen LogP contribution >= 0.6 is 0 Å². The van der Waals surface area contributed by atoms with E-state index < -0.39 is 10.0 Å². The summed E-state index contributed by atoms with van der Waals surface area (Å²) in [5.74, 6) is -0.358. The monoisotopic (exact) mass is 288 g/mol. The van der Waals surface area contributed by atoms with E-state index in [4.69, 9.17) is 0 Å². The maximum absolute atomic E-state index is 14.0. The van der Waals surface area contributed by atoms with E-state index in [-0.39, 0.29) is 16.8 Å². The Bertz CT molecular complexity index is 542. The van der Waals surface area contributed by atoms with Gasteiger partial charge in [-0.25, -0.2) is 17.5 Å². The molecule has 0 amide bonds. The highest BCUT2D eigenvalue weighted by Gasteiger charge is 2.17. The van der Waals surface area contributed by atoms with Gasteiger partial charge in [0.2, 0.25) is 10.0 Å². The second-order valence-electron chi connectivity index (χ2n) is 4.75. The van der Waals surface area contributed by atoms with Gasteiger partial charge in [-0.15, -0.1) is 0 Å². The minimum absolute atomic E-state index is 0.105. The van der Waals surface area contributed by atoms with E-state index in [2.05, 4.69) is 10.0 Å². The second-order valence-corrected chi connectivity index (χ2v) is 6.52. The van der Waals surface area contributed by atoms with E-state index in [9.17, 15) is 12.8 Å². The molecule has 0 atom stereocenters. The highest BCUT2D eigenvalue weighted by Crippen LogP contribution is 2.19. The normalized spacial score (nSPS) is 12.1. The number of aryl methyl sites for hydroxylation is 1. The average molecular weight is 288 g/mol. The molecule has 1 rings (SSSR count). The van der Waals surface area contributed by atoms with Crippen LogP contribution in [0.15, 0.2) is 17.0 Å². The van der Waals surface area contributed by atoms with E-state index >= 15 is 0 Å². The minimum atomic E-state index is -3.56. The number of hydrogen-bond acceptors (Lipinski definition) is 3.